The molecule has 3 heterocycles. The molecule has 1 saturated heterocycles. The normalized spacial score (nSPS) is 14.0. The average Bonchev–Trinajstić information content (AvgIpc) is 3.56. The second-order valence-corrected chi connectivity index (χ2v) is 11.2. The van der Waals surface area contributed by atoms with Gasteiger partial charge in [0.2, 0.25) is 0 Å². The molecule has 0 bridgehead atoms. The van der Waals surface area contributed by atoms with E-state index in [2.05, 4.69) is 24.6 Å². The van der Waals surface area contributed by atoms with Crippen molar-refractivity contribution in [2.75, 3.05) is 17.6 Å². The minimum Gasteiger partial charge on any atom is -0.453 e. The average molecular weight is 637 g/mol. The highest BCUT2D eigenvalue weighted by Crippen LogP contribution is 2.39. The monoisotopic (exact) mass is 636 g/mol. The number of rotatable bonds is 8. The number of nitrogens with one attached hydrogen (secondary N) is 1. The number of aromatic nitrogens is 4. The zero-order valence-corrected chi connectivity index (χ0v) is 22.4. The zero-order valence-electron chi connectivity index (χ0n) is 20.0. The Balaban J connectivity index is 1.51. The summed E-state index contributed by atoms with van der Waals surface area (Å²) in [4.78, 5) is 17.3. The Morgan fingerprint density at radius 2 is 1.88 bits per heavy atom. The maximum Gasteiger partial charge on any atom is 0.493 e. The van der Waals surface area contributed by atoms with Gasteiger partial charge in [0.1, 0.15) is 22.8 Å². The van der Waals surface area contributed by atoms with Crippen LogP contribution in [0.1, 0.15) is 6.04 Å². The van der Waals surface area contributed by atoms with E-state index < -0.39 is 54.0 Å². The van der Waals surface area contributed by atoms with Gasteiger partial charge < -0.3 is 14.9 Å². The number of alkyl halides is 3. The van der Waals surface area contributed by atoms with Crippen LogP contribution in [-0.4, -0.2) is 52.8 Å². The number of anilines is 1. The lowest BCUT2D eigenvalue weighted by molar-refractivity contribution is -0.199. The molecule has 0 radical (unpaired) electrons. The molecule has 1 N–H and O–H groups in total. The highest BCUT2D eigenvalue weighted by atomic mass is 35.5. The summed E-state index contributed by atoms with van der Waals surface area (Å²) in [6.45, 7) is 1.29. The fourth-order valence-corrected chi connectivity index (χ4v) is 5.72. The molecule has 0 unspecified atom stereocenters. The number of carbonyl (C=O) groups is 1. The van der Waals surface area contributed by atoms with Gasteiger partial charge in [0.25, 0.3) is 5.13 Å². The van der Waals surface area contributed by atoms with E-state index in [1.807, 2.05) is 0 Å². The maximum atomic E-state index is 15.2. The van der Waals surface area contributed by atoms with Crippen LogP contribution in [0.4, 0.5) is 27.1 Å². The standard InChI is InChI=1S/C22H14ClF5N6O5S2/c23-11-1-2-17(13(5-11)16-3-4-31-33(16)12-8-29-9-12)38-18-6-15(25)19(7-14(18)24)41(36,37)34(21-30-10-32-40-21)39-20(35)22(26,27)28/h1-7,10,12,29H,8-9H2. The van der Waals surface area contributed by atoms with Gasteiger partial charge in [0.15, 0.2) is 11.6 Å². The first-order chi connectivity index (χ1) is 19.4. The number of sulfonamides is 1. The van der Waals surface area contributed by atoms with Gasteiger partial charge in [0, 0.05) is 53.5 Å². The predicted octanol–water partition coefficient (Wildman–Crippen LogP) is 4.49. The Morgan fingerprint density at radius 3 is 2.51 bits per heavy atom. The Hall–Kier alpha value is -3.87. The van der Waals surface area contributed by atoms with Crippen LogP contribution in [0.2, 0.25) is 5.02 Å². The number of hydrogen-bond acceptors (Lipinski definition) is 10. The molecule has 41 heavy (non-hydrogen) atoms. The van der Waals surface area contributed by atoms with Crippen molar-refractivity contribution < 1.29 is 44.7 Å². The van der Waals surface area contributed by atoms with Crippen molar-refractivity contribution in [1.29, 1.82) is 0 Å². The quantitative estimate of drug-likeness (QED) is 0.220. The van der Waals surface area contributed by atoms with Crippen LogP contribution >= 0.6 is 23.1 Å². The Morgan fingerprint density at radius 1 is 1.12 bits per heavy atom. The van der Waals surface area contributed by atoms with Gasteiger partial charge in [-0.2, -0.15) is 31.1 Å². The van der Waals surface area contributed by atoms with E-state index in [-0.39, 0.29) is 29.4 Å². The van der Waals surface area contributed by atoms with Crippen molar-refractivity contribution in [3.05, 3.63) is 65.6 Å². The molecule has 1 fully saturated rings. The highest BCUT2D eigenvalue weighted by molar-refractivity contribution is 7.92. The van der Waals surface area contributed by atoms with Crippen molar-refractivity contribution >= 4 is 44.3 Å². The van der Waals surface area contributed by atoms with Crippen LogP contribution < -0.4 is 14.5 Å². The fraction of sp³-hybridized carbons (Fsp3) is 0.182. The largest absolute Gasteiger partial charge is 0.493 e. The Labute approximate surface area is 236 Å². The molecule has 11 nitrogen and oxygen atoms in total. The zero-order chi connectivity index (χ0) is 29.5. The SMILES string of the molecule is O=C(ON(c1ncns1)S(=O)(=O)c1cc(F)c(Oc2ccc(Cl)cc2-c2ccnn2C2CNC2)cc1F)C(F)(F)F. The van der Waals surface area contributed by atoms with Crippen LogP contribution in [0.25, 0.3) is 11.3 Å². The lowest BCUT2D eigenvalue weighted by Gasteiger charge is -2.29. The third-order valence-corrected chi connectivity index (χ3v) is 8.14. The van der Waals surface area contributed by atoms with Gasteiger partial charge >= 0.3 is 22.2 Å². The molecular weight excluding hydrogens is 623 g/mol. The maximum absolute atomic E-state index is 15.2. The van der Waals surface area contributed by atoms with Crippen LogP contribution in [0, 0.1) is 11.6 Å². The third-order valence-electron chi connectivity index (χ3n) is 5.60. The highest BCUT2D eigenvalue weighted by Gasteiger charge is 2.46. The number of halogens is 6. The molecule has 0 amide bonds. The van der Waals surface area contributed by atoms with Crippen molar-refractivity contribution in [3.8, 4) is 22.8 Å². The number of benzene rings is 2. The second-order valence-electron chi connectivity index (χ2n) is 8.26. The van der Waals surface area contributed by atoms with Crippen molar-refractivity contribution in [2.24, 2.45) is 0 Å². The van der Waals surface area contributed by atoms with E-state index in [1.165, 1.54) is 24.4 Å². The summed E-state index contributed by atoms with van der Waals surface area (Å²) in [7, 11) is -5.49. The Kier molecular flexibility index (Phi) is 7.58. The molecule has 1 aliphatic heterocycles. The molecule has 0 saturated carbocycles. The molecule has 0 spiro atoms. The van der Waals surface area contributed by atoms with E-state index in [9.17, 15) is 26.4 Å². The van der Waals surface area contributed by atoms with Gasteiger partial charge in [-0.15, -0.1) is 0 Å². The minimum absolute atomic E-state index is 0.00642. The molecule has 2 aromatic carbocycles. The molecule has 5 rings (SSSR count). The molecule has 2 aromatic heterocycles. The van der Waals surface area contributed by atoms with Gasteiger partial charge in [-0.25, -0.2) is 18.6 Å². The van der Waals surface area contributed by atoms with Crippen LogP contribution in [0.3, 0.4) is 0 Å². The summed E-state index contributed by atoms with van der Waals surface area (Å²) >= 11 is 6.37. The Bertz CT molecular complexity index is 1710. The topological polar surface area (TPSA) is 129 Å². The summed E-state index contributed by atoms with van der Waals surface area (Å²) in [5.41, 5.74) is 0.910. The van der Waals surface area contributed by atoms with Gasteiger partial charge in [-0.1, -0.05) is 16.1 Å². The summed E-state index contributed by atoms with van der Waals surface area (Å²) in [6, 6.07) is 6.53. The van der Waals surface area contributed by atoms with Gasteiger partial charge in [0.05, 0.1) is 11.7 Å². The minimum atomic E-state index is -5.62. The molecular formula is C22H14ClF5N6O5S2. The summed E-state index contributed by atoms with van der Waals surface area (Å²) < 4.78 is 105. The first-order valence-electron chi connectivity index (χ1n) is 11.2. The number of nitrogens with zero attached hydrogens (tertiary/aromatic N) is 5. The lowest BCUT2D eigenvalue weighted by atomic mass is 10.1. The fourth-order valence-electron chi connectivity index (χ4n) is 3.62. The van der Waals surface area contributed by atoms with Crippen molar-refractivity contribution in [3.63, 3.8) is 0 Å². The molecule has 0 aliphatic carbocycles. The van der Waals surface area contributed by atoms with E-state index >= 15 is 8.78 Å². The molecule has 19 heteroatoms. The molecule has 0 atom stereocenters. The smallest absolute Gasteiger partial charge is 0.453 e. The van der Waals surface area contributed by atoms with Gasteiger partial charge in [-0.05, 0) is 24.3 Å². The first kappa shape index (κ1) is 28.7. The first-order valence-corrected chi connectivity index (χ1v) is 13.8. The summed E-state index contributed by atoms with van der Waals surface area (Å²) in [6.07, 6.45) is -3.34. The van der Waals surface area contributed by atoms with E-state index in [0.29, 0.717) is 35.4 Å². The van der Waals surface area contributed by atoms with E-state index in [1.54, 1.807) is 10.7 Å². The number of carbonyl (C=O) groups excluding carboxylic acids is 1. The molecule has 1 aliphatic rings. The summed E-state index contributed by atoms with van der Waals surface area (Å²) in [5, 5.41) is 6.81. The van der Waals surface area contributed by atoms with Crippen molar-refractivity contribution in [2.45, 2.75) is 17.1 Å². The van der Waals surface area contributed by atoms with Crippen molar-refractivity contribution in [1.82, 2.24) is 24.5 Å². The van der Waals surface area contributed by atoms with E-state index in [4.69, 9.17) is 16.3 Å². The predicted molar refractivity (Wildman–Crippen MR) is 133 cm³/mol. The number of ether oxygens (including phenoxy) is 1. The van der Waals surface area contributed by atoms with E-state index in [0.717, 1.165) is 6.33 Å². The van der Waals surface area contributed by atoms with Gasteiger partial charge in [-0.3, -0.25) is 4.68 Å². The number of hydrogen-bond donors (Lipinski definition) is 1. The van der Waals surface area contributed by atoms with Crippen LogP contribution in [-0.2, 0) is 19.7 Å². The third kappa shape index (κ3) is 5.67. The lowest BCUT2D eigenvalue weighted by Crippen LogP contribution is -2.44. The van der Waals surface area contributed by atoms with Crippen LogP contribution in [0.5, 0.6) is 11.5 Å². The second kappa shape index (κ2) is 10.8. The van der Waals surface area contributed by atoms with Crippen LogP contribution in [0.15, 0.2) is 53.8 Å². The molecule has 4 aromatic rings. The molecule has 216 valence electrons. The summed E-state index contributed by atoms with van der Waals surface area (Å²) in [5.74, 6) is -6.77.